The summed E-state index contributed by atoms with van der Waals surface area (Å²) in [5, 5.41) is 5.96. The molecule has 0 amide bonds. The summed E-state index contributed by atoms with van der Waals surface area (Å²) in [4.78, 5) is 1.47. The van der Waals surface area contributed by atoms with Crippen molar-refractivity contribution in [1.29, 1.82) is 0 Å². The number of hydrogen-bond donors (Lipinski definition) is 1. The van der Waals surface area contributed by atoms with Crippen LogP contribution in [0.1, 0.15) is 38.1 Å². The van der Waals surface area contributed by atoms with Crippen LogP contribution in [0.5, 0.6) is 0 Å². The molecular formula is C13H23NS2. The molecule has 0 saturated carbocycles. The van der Waals surface area contributed by atoms with Crippen LogP contribution in [0.3, 0.4) is 0 Å². The molecule has 0 aliphatic carbocycles. The zero-order valence-corrected chi connectivity index (χ0v) is 12.3. The minimum atomic E-state index is 0.511. The zero-order valence-electron chi connectivity index (χ0n) is 10.7. The van der Waals surface area contributed by atoms with Crippen LogP contribution in [-0.2, 0) is 0 Å². The number of rotatable bonds is 7. The van der Waals surface area contributed by atoms with Crippen LogP contribution < -0.4 is 5.32 Å². The summed E-state index contributed by atoms with van der Waals surface area (Å²) in [6, 6.07) is 5.53. The number of thioether (sulfide) groups is 1. The maximum Gasteiger partial charge on any atom is 0.0440 e. The molecule has 1 heterocycles. The first-order valence-electron chi connectivity index (χ1n) is 5.97. The fourth-order valence-electron chi connectivity index (χ4n) is 1.81. The Morgan fingerprint density at radius 3 is 2.62 bits per heavy atom. The highest BCUT2D eigenvalue weighted by Crippen LogP contribution is 2.26. The van der Waals surface area contributed by atoms with Crippen molar-refractivity contribution in [3.8, 4) is 0 Å². The molecule has 0 saturated heterocycles. The van der Waals surface area contributed by atoms with Gasteiger partial charge in [-0.25, -0.2) is 0 Å². The van der Waals surface area contributed by atoms with Crippen LogP contribution in [0.25, 0.3) is 0 Å². The van der Waals surface area contributed by atoms with E-state index in [9.17, 15) is 0 Å². The van der Waals surface area contributed by atoms with Gasteiger partial charge in [0.25, 0.3) is 0 Å². The molecule has 0 aromatic carbocycles. The first kappa shape index (κ1) is 14.1. The molecule has 0 fully saturated rings. The lowest BCUT2D eigenvalue weighted by Crippen LogP contribution is -2.36. The Labute approximate surface area is 108 Å². The summed E-state index contributed by atoms with van der Waals surface area (Å²) >= 11 is 3.79. The van der Waals surface area contributed by atoms with E-state index >= 15 is 0 Å². The van der Waals surface area contributed by atoms with Crippen molar-refractivity contribution in [2.45, 2.75) is 39.3 Å². The Kier molecular flexibility index (Phi) is 6.47. The molecule has 1 N–H and O–H groups in total. The lowest BCUT2D eigenvalue weighted by atomic mass is 10.0. The molecule has 16 heavy (non-hydrogen) atoms. The van der Waals surface area contributed by atoms with Crippen LogP contribution >= 0.6 is 23.1 Å². The van der Waals surface area contributed by atoms with Gasteiger partial charge in [0.2, 0.25) is 0 Å². The van der Waals surface area contributed by atoms with Crippen LogP contribution in [0.15, 0.2) is 17.5 Å². The van der Waals surface area contributed by atoms with Gasteiger partial charge in [-0.3, -0.25) is 0 Å². The quantitative estimate of drug-likeness (QED) is 0.786. The van der Waals surface area contributed by atoms with Crippen molar-refractivity contribution in [1.82, 2.24) is 5.32 Å². The van der Waals surface area contributed by atoms with Gasteiger partial charge in [0.05, 0.1) is 0 Å². The molecular weight excluding hydrogens is 234 g/mol. The molecule has 1 nitrogen and oxygen atoms in total. The van der Waals surface area contributed by atoms with E-state index < -0.39 is 0 Å². The van der Waals surface area contributed by atoms with Gasteiger partial charge in [0, 0.05) is 22.7 Å². The summed E-state index contributed by atoms with van der Waals surface area (Å²) in [5.74, 6) is 1.85. The first-order chi connectivity index (χ1) is 7.69. The van der Waals surface area contributed by atoms with Crippen molar-refractivity contribution in [2.24, 2.45) is 5.92 Å². The van der Waals surface area contributed by atoms with Gasteiger partial charge < -0.3 is 5.32 Å². The Morgan fingerprint density at radius 2 is 2.19 bits per heavy atom. The van der Waals surface area contributed by atoms with Gasteiger partial charge in [0.1, 0.15) is 0 Å². The second-order valence-corrected chi connectivity index (χ2v) is 6.35. The molecule has 1 rings (SSSR count). The van der Waals surface area contributed by atoms with E-state index in [0.717, 1.165) is 0 Å². The van der Waals surface area contributed by atoms with Gasteiger partial charge in [-0.2, -0.15) is 11.8 Å². The minimum absolute atomic E-state index is 0.511. The highest BCUT2D eigenvalue weighted by Gasteiger charge is 2.19. The third-order valence-electron chi connectivity index (χ3n) is 2.79. The zero-order chi connectivity index (χ0) is 12.0. The summed E-state index contributed by atoms with van der Waals surface area (Å²) in [6.45, 7) is 6.85. The molecule has 3 heteroatoms. The van der Waals surface area contributed by atoms with Gasteiger partial charge in [-0.1, -0.05) is 26.8 Å². The number of nitrogens with one attached hydrogen (secondary N) is 1. The average Bonchev–Trinajstić information content (AvgIpc) is 2.76. The lowest BCUT2D eigenvalue weighted by Gasteiger charge is -2.27. The fourth-order valence-corrected chi connectivity index (χ4v) is 3.50. The van der Waals surface area contributed by atoms with Crippen LogP contribution in [0.4, 0.5) is 0 Å². The Hall–Kier alpha value is 0.01000. The highest BCUT2D eigenvalue weighted by molar-refractivity contribution is 7.98. The van der Waals surface area contributed by atoms with Crippen LogP contribution in [0.2, 0.25) is 0 Å². The second kappa shape index (κ2) is 7.36. The molecule has 0 aliphatic rings. The van der Waals surface area contributed by atoms with Crippen LogP contribution in [0, 0.1) is 5.92 Å². The SMILES string of the molecule is CCC(CSC)NC(c1cccs1)C(C)C. The van der Waals surface area contributed by atoms with E-state index in [2.05, 4.69) is 49.9 Å². The van der Waals surface area contributed by atoms with Gasteiger partial charge in [-0.15, -0.1) is 11.3 Å². The van der Waals surface area contributed by atoms with E-state index in [1.165, 1.54) is 17.1 Å². The summed E-state index contributed by atoms with van der Waals surface area (Å²) in [5.41, 5.74) is 0. The molecule has 0 bridgehead atoms. The number of hydrogen-bond acceptors (Lipinski definition) is 3. The van der Waals surface area contributed by atoms with E-state index in [0.29, 0.717) is 18.0 Å². The normalized spacial score (nSPS) is 15.3. The molecule has 0 spiro atoms. The third-order valence-corrected chi connectivity index (χ3v) is 4.48. The Morgan fingerprint density at radius 1 is 1.44 bits per heavy atom. The third kappa shape index (κ3) is 4.11. The van der Waals surface area contributed by atoms with Crippen molar-refractivity contribution in [3.63, 3.8) is 0 Å². The minimum Gasteiger partial charge on any atom is -0.305 e. The van der Waals surface area contributed by atoms with Crippen molar-refractivity contribution in [2.75, 3.05) is 12.0 Å². The molecule has 0 aliphatic heterocycles. The smallest absolute Gasteiger partial charge is 0.0440 e. The molecule has 0 radical (unpaired) electrons. The lowest BCUT2D eigenvalue weighted by molar-refractivity contribution is 0.372. The second-order valence-electron chi connectivity index (χ2n) is 4.46. The van der Waals surface area contributed by atoms with E-state index in [1.807, 2.05) is 23.1 Å². The first-order valence-corrected chi connectivity index (χ1v) is 8.24. The summed E-state index contributed by atoms with van der Waals surface area (Å²) in [6.07, 6.45) is 3.38. The predicted molar refractivity (Wildman–Crippen MR) is 77.5 cm³/mol. The molecule has 1 aromatic rings. The van der Waals surface area contributed by atoms with Crippen LogP contribution in [-0.4, -0.2) is 18.1 Å². The Bertz CT molecular complexity index is 269. The summed E-state index contributed by atoms with van der Waals surface area (Å²) in [7, 11) is 0. The van der Waals surface area contributed by atoms with E-state index in [1.54, 1.807) is 0 Å². The molecule has 1 aromatic heterocycles. The van der Waals surface area contributed by atoms with Crippen molar-refractivity contribution in [3.05, 3.63) is 22.4 Å². The average molecular weight is 257 g/mol. The maximum absolute atomic E-state index is 3.80. The monoisotopic (exact) mass is 257 g/mol. The van der Waals surface area contributed by atoms with E-state index in [-0.39, 0.29) is 0 Å². The highest BCUT2D eigenvalue weighted by atomic mass is 32.2. The molecule has 2 unspecified atom stereocenters. The maximum atomic E-state index is 3.80. The molecule has 2 atom stereocenters. The van der Waals surface area contributed by atoms with E-state index in [4.69, 9.17) is 0 Å². The van der Waals surface area contributed by atoms with Gasteiger partial charge >= 0.3 is 0 Å². The van der Waals surface area contributed by atoms with Gasteiger partial charge in [0.15, 0.2) is 0 Å². The fraction of sp³-hybridized carbons (Fsp3) is 0.692. The molecule has 92 valence electrons. The summed E-state index contributed by atoms with van der Waals surface area (Å²) < 4.78 is 0. The van der Waals surface area contributed by atoms with Crippen molar-refractivity contribution < 1.29 is 0 Å². The topological polar surface area (TPSA) is 12.0 Å². The largest absolute Gasteiger partial charge is 0.305 e. The van der Waals surface area contributed by atoms with Gasteiger partial charge in [-0.05, 0) is 30.0 Å². The number of thiophene rings is 1. The standard InChI is InChI=1S/C13H23NS2/c1-5-11(9-15-4)14-13(10(2)3)12-7-6-8-16-12/h6-8,10-11,13-14H,5,9H2,1-4H3. The van der Waals surface area contributed by atoms with Crippen molar-refractivity contribution >= 4 is 23.1 Å². The Balaban J connectivity index is 2.64. The predicted octanol–water partition coefficient (Wildman–Crippen LogP) is 4.18.